The Labute approximate surface area is 74.1 Å². The number of nitrogens with two attached hydrogens (primary N) is 1. The van der Waals surface area contributed by atoms with Crippen molar-refractivity contribution in [2.24, 2.45) is 23.0 Å². The Morgan fingerprint density at radius 3 is 2.17 bits per heavy atom. The number of rotatable bonds is 0. The van der Waals surface area contributed by atoms with Crippen molar-refractivity contribution in [3.05, 3.63) is 0 Å². The molecule has 2 heteroatoms. The molecule has 0 aliphatic heterocycles. The first kappa shape index (κ1) is 8.52. The van der Waals surface area contributed by atoms with Crippen LogP contribution in [0.4, 0.5) is 0 Å². The van der Waals surface area contributed by atoms with Gasteiger partial charge in [-0.3, -0.25) is 0 Å². The topological polar surface area (TPSA) is 46.2 Å². The molecule has 0 saturated heterocycles. The van der Waals surface area contributed by atoms with Gasteiger partial charge in [0.25, 0.3) is 0 Å². The maximum Gasteiger partial charge on any atom is 0.0803 e. The summed E-state index contributed by atoms with van der Waals surface area (Å²) in [5.41, 5.74) is 5.60. The minimum absolute atomic E-state index is 0.00530. The van der Waals surface area contributed by atoms with Gasteiger partial charge in [0.15, 0.2) is 0 Å². The molecule has 0 amide bonds. The van der Waals surface area contributed by atoms with Crippen molar-refractivity contribution in [2.45, 2.75) is 45.3 Å². The standard InChI is InChI=1S/C10H19NO/c1-9(2)6-4-7(9)10(3,12)8(11)5-6/h6-8,12H,4-5,11H2,1-3H3/t6?,7?,8-,10+/m0/s1. The molecule has 3 aliphatic carbocycles. The van der Waals surface area contributed by atoms with Crippen LogP contribution in [0.15, 0.2) is 0 Å². The van der Waals surface area contributed by atoms with Crippen LogP contribution >= 0.6 is 0 Å². The summed E-state index contributed by atoms with van der Waals surface area (Å²) in [4.78, 5) is 0. The third kappa shape index (κ3) is 0.775. The summed E-state index contributed by atoms with van der Waals surface area (Å²) in [5.74, 6) is 1.16. The fourth-order valence-electron chi connectivity index (χ4n) is 3.21. The molecular formula is C10H19NO. The van der Waals surface area contributed by atoms with E-state index >= 15 is 0 Å². The molecule has 2 nitrogen and oxygen atoms in total. The molecule has 4 atom stereocenters. The Bertz CT molecular complexity index is 210. The van der Waals surface area contributed by atoms with Crippen LogP contribution < -0.4 is 5.73 Å². The first-order valence-corrected chi connectivity index (χ1v) is 4.84. The highest BCUT2D eigenvalue weighted by Gasteiger charge is 2.61. The Morgan fingerprint density at radius 1 is 1.25 bits per heavy atom. The normalized spacial score (nSPS) is 56.2. The zero-order chi connectivity index (χ0) is 9.15. The predicted octanol–water partition coefficient (Wildman–Crippen LogP) is 1.13. The zero-order valence-corrected chi connectivity index (χ0v) is 8.17. The molecule has 3 saturated carbocycles. The molecule has 0 spiro atoms. The van der Waals surface area contributed by atoms with E-state index in [1.54, 1.807) is 0 Å². The van der Waals surface area contributed by atoms with Gasteiger partial charge < -0.3 is 10.8 Å². The van der Waals surface area contributed by atoms with E-state index in [1.807, 2.05) is 6.92 Å². The average Bonchev–Trinajstić information content (AvgIpc) is 1.93. The summed E-state index contributed by atoms with van der Waals surface area (Å²) in [5, 5.41) is 10.2. The molecule has 0 aromatic heterocycles. The van der Waals surface area contributed by atoms with E-state index < -0.39 is 5.60 Å². The van der Waals surface area contributed by atoms with Gasteiger partial charge in [-0.1, -0.05) is 13.8 Å². The summed E-state index contributed by atoms with van der Waals surface area (Å²) in [7, 11) is 0. The summed E-state index contributed by atoms with van der Waals surface area (Å²) in [6.45, 7) is 6.41. The maximum absolute atomic E-state index is 10.2. The molecule has 0 aromatic rings. The average molecular weight is 169 g/mol. The van der Waals surface area contributed by atoms with E-state index in [2.05, 4.69) is 13.8 Å². The maximum atomic E-state index is 10.2. The minimum Gasteiger partial charge on any atom is -0.388 e. The van der Waals surface area contributed by atoms with Gasteiger partial charge in [-0.05, 0) is 37.0 Å². The molecule has 3 aliphatic rings. The molecule has 2 bridgehead atoms. The number of fused-ring (bicyclic) bond motifs is 2. The van der Waals surface area contributed by atoms with Gasteiger partial charge in [-0.2, -0.15) is 0 Å². The minimum atomic E-state index is -0.627. The first-order valence-electron chi connectivity index (χ1n) is 4.84. The van der Waals surface area contributed by atoms with Gasteiger partial charge in [-0.25, -0.2) is 0 Å². The van der Waals surface area contributed by atoms with Crippen LogP contribution in [0.25, 0.3) is 0 Å². The van der Waals surface area contributed by atoms with Crippen molar-refractivity contribution in [1.82, 2.24) is 0 Å². The SMILES string of the molecule is CC1(C)C2CC1[C@@](C)(O)[C@@H](N)C2. The highest BCUT2D eigenvalue weighted by atomic mass is 16.3. The Morgan fingerprint density at radius 2 is 1.83 bits per heavy atom. The summed E-state index contributed by atoms with van der Waals surface area (Å²) >= 11 is 0. The van der Waals surface area contributed by atoms with Gasteiger partial charge in [0.1, 0.15) is 0 Å². The van der Waals surface area contributed by atoms with Gasteiger partial charge >= 0.3 is 0 Å². The third-order valence-electron chi connectivity index (χ3n) is 4.47. The monoisotopic (exact) mass is 169 g/mol. The highest BCUT2D eigenvalue weighted by Crippen LogP contribution is 2.62. The van der Waals surface area contributed by atoms with Crippen molar-refractivity contribution in [3.63, 3.8) is 0 Å². The van der Waals surface area contributed by atoms with Crippen LogP contribution in [0.3, 0.4) is 0 Å². The third-order valence-corrected chi connectivity index (χ3v) is 4.47. The van der Waals surface area contributed by atoms with E-state index in [4.69, 9.17) is 5.73 Å². The van der Waals surface area contributed by atoms with E-state index in [1.165, 1.54) is 6.42 Å². The van der Waals surface area contributed by atoms with Gasteiger partial charge in [0, 0.05) is 6.04 Å². The fraction of sp³-hybridized carbons (Fsp3) is 1.00. The van der Waals surface area contributed by atoms with Crippen molar-refractivity contribution in [2.75, 3.05) is 0 Å². The lowest BCUT2D eigenvalue weighted by Crippen LogP contribution is -2.68. The molecule has 0 aromatic carbocycles. The highest BCUT2D eigenvalue weighted by molar-refractivity contribution is 5.13. The molecule has 70 valence electrons. The molecule has 3 N–H and O–H groups in total. The number of aliphatic hydroxyl groups is 1. The zero-order valence-electron chi connectivity index (χ0n) is 8.17. The van der Waals surface area contributed by atoms with E-state index in [-0.39, 0.29) is 6.04 Å². The smallest absolute Gasteiger partial charge is 0.0803 e. The summed E-state index contributed by atoms with van der Waals surface area (Å²) in [6.07, 6.45) is 2.17. The van der Waals surface area contributed by atoms with Crippen LogP contribution in [-0.4, -0.2) is 16.7 Å². The van der Waals surface area contributed by atoms with Gasteiger partial charge in [0.05, 0.1) is 5.60 Å². The van der Waals surface area contributed by atoms with Crippen LogP contribution in [0.1, 0.15) is 33.6 Å². The molecule has 3 fully saturated rings. The van der Waals surface area contributed by atoms with Crippen LogP contribution in [-0.2, 0) is 0 Å². The Kier molecular flexibility index (Phi) is 1.45. The summed E-state index contributed by atoms with van der Waals surface area (Å²) < 4.78 is 0. The van der Waals surface area contributed by atoms with E-state index in [0.717, 1.165) is 12.3 Å². The molecule has 3 rings (SSSR count). The van der Waals surface area contributed by atoms with Crippen molar-refractivity contribution < 1.29 is 5.11 Å². The lowest BCUT2D eigenvalue weighted by atomic mass is 9.43. The Hall–Kier alpha value is -0.0800. The molecule has 0 heterocycles. The van der Waals surface area contributed by atoms with Crippen molar-refractivity contribution >= 4 is 0 Å². The van der Waals surface area contributed by atoms with Gasteiger partial charge in [0.2, 0.25) is 0 Å². The molecule has 12 heavy (non-hydrogen) atoms. The van der Waals surface area contributed by atoms with E-state index in [9.17, 15) is 5.11 Å². The Balaban J connectivity index is 2.27. The lowest BCUT2D eigenvalue weighted by molar-refractivity contribution is -0.202. The number of hydrogen-bond donors (Lipinski definition) is 2. The fourth-order valence-corrected chi connectivity index (χ4v) is 3.21. The first-order chi connectivity index (χ1) is 5.37. The van der Waals surface area contributed by atoms with Crippen LogP contribution in [0.5, 0.6) is 0 Å². The lowest BCUT2D eigenvalue weighted by Gasteiger charge is -2.64. The second kappa shape index (κ2) is 2.05. The number of hydrogen-bond acceptors (Lipinski definition) is 2. The van der Waals surface area contributed by atoms with Crippen LogP contribution in [0, 0.1) is 17.3 Å². The quantitative estimate of drug-likeness (QED) is 0.571. The predicted molar refractivity (Wildman–Crippen MR) is 48.6 cm³/mol. The van der Waals surface area contributed by atoms with Crippen molar-refractivity contribution in [3.8, 4) is 0 Å². The largest absolute Gasteiger partial charge is 0.388 e. The van der Waals surface area contributed by atoms with Crippen molar-refractivity contribution in [1.29, 1.82) is 0 Å². The molecular weight excluding hydrogens is 150 g/mol. The second-order valence-corrected chi connectivity index (χ2v) is 5.37. The molecule has 0 radical (unpaired) electrons. The van der Waals surface area contributed by atoms with Gasteiger partial charge in [-0.15, -0.1) is 0 Å². The summed E-state index contributed by atoms with van der Waals surface area (Å²) in [6, 6.07) is -0.00530. The molecule has 2 unspecified atom stereocenters. The second-order valence-electron chi connectivity index (χ2n) is 5.37. The van der Waals surface area contributed by atoms with E-state index in [0.29, 0.717) is 11.3 Å². The van der Waals surface area contributed by atoms with Crippen LogP contribution in [0.2, 0.25) is 0 Å².